The van der Waals surface area contributed by atoms with Gasteiger partial charge in [-0.25, -0.2) is 0 Å². The van der Waals surface area contributed by atoms with Gasteiger partial charge in [-0.05, 0) is 37.3 Å². The second-order valence-electron chi connectivity index (χ2n) is 4.23. The highest BCUT2D eigenvalue weighted by Gasteiger charge is 2.20. The number of nitrogen functional groups attached to an aromatic ring is 1. The van der Waals surface area contributed by atoms with Gasteiger partial charge in [-0.15, -0.1) is 0 Å². The Bertz CT molecular complexity index is 644. The zero-order chi connectivity index (χ0) is 14.7. The van der Waals surface area contributed by atoms with Gasteiger partial charge in [0.25, 0.3) is 5.91 Å². The van der Waals surface area contributed by atoms with E-state index in [2.05, 4.69) is 0 Å². The number of carbonyl (C=O) groups is 1. The topological polar surface area (TPSA) is 46.3 Å². The summed E-state index contributed by atoms with van der Waals surface area (Å²) < 4.78 is 0. The number of nitrogens with zero attached hydrogens (tertiary/aromatic N) is 1. The normalized spacial score (nSPS) is 10.3. The molecule has 0 atom stereocenters. The molecule has 0 radical (unpaired) electrons. The van der Waals surface area contributed by atoms with Crippen molar-refractivity contribution >= 4 is 40.5 Å². The highest BCUT2D eigenvalue weighted by Crippen LogP contribution is 2.27. The Balaban J connectivity index is 2.45. The third-order valence-corrected chi connectivity index (χ3v) is 3.51. The molecule has 2 aromatic carbocycles. The molecule has 0 saturated heterocycles. The standard InChI is InChI=1S/C15H14Cl2N2O/c1-2-19(14-6-4-3-5-13(14)18)15(20)11-9-10(16)7-8-12(11)17/h3-9H,2,18H2,1H3. The minimum atomic E-state index is -0.224. The van der Waals surface area contributed by atoms with E-state index in [4.69, 9.17) is 28.9 Å². The van der Waals surface area contributed by atoms with E-state index in [0.717, 1.165) is 0 Å². The van der Waals surface area contributed by atoms with Crippen LogP contribution in [-0.4, -0.2) is 12.5 Å². The summed E-state index contributed by atoms with van der Waals surface area (Å²) in [5.74, 6) is -0.224. The number of halogens is 2. The molecule has 0 saturated carbocycles. The van der Waals surface area contributed by atoms with Gasteiger partial charge < -0.3 is 10.6 Å². The second-order valence-corrected chi connectivity index (χ2v) is 5.08. The lowest BCUT2D eigenvalue weighted by Gasteiger charge is -2.23. The van der Waals surface area contributed by atoms with Gasteiger partial charge in [-0.1, -0.05) is 35.3 Å². The highest BCUT2D eigenvalue weighted by atomic mass is 35.5. The van der Waals surface area contributed by atoms with Gasteiger partial charge in [0, 0.05) is 11.6 Å². The lowest BCUT2D eigenvalue weighted by molar-refractivity contribution is 0.0988. The predicted molar refractivity (Wildman–Crippen MR) is 84.7 cm³/mol. The fourth-order valence-electron chi connectivity index (χ4n) is 1.96. The average Bonchev–Trinajstić information content (AvgIpc) is 2.44. The van der Waals surface area contributed by atoms with Crippen LogP contribution in [0.5, 0.6) is 0 Å². The van der Waals surface area contributed by atoms with Gasteiger partial charge in [-0.3, -0.25) is 4.79 Å². The molecule has 1 amide bonds. The van der Waals surface area contributed by atoms with E-state index in [-0.39, 0.29) is 5.91 Å². The van der Waals surface area contributed by atoms with Crippen LogP contribution >= 0.6 is 23.2 Å². The van der Waals surface area contributed by atoms with Crippen LogP contribution in [0.3, 0.4) is 0 Å². The first-order valence-corrected chi connectivity index (χ1v) is 6.91. The van der Waals surface area contributed by atoms with Gasteiger partial charge in [-0.2, -0.15) is 0 Å². The molecule has 0 unspecified atom stereocenters. The molecule has 20 heavy (non-hydrogen) atoms. The van der Waals surface area contributed by atoms with Gasteiger partial charge >= 0.3 is 0 Å². The molecule has 2 N–H and O–H groups in total. The van der Waals surface area contributed by atoms with Gasteiger partial charge in [0.2, 0.25) is 0 Å². The van der Waals surface area contributed by atoms with Crippen molar-refractivity contribution < 1.29 is 4.79 Å². The summed E-state index contributed by atoms with van der Waals surface area (Å²) in [6.45, 7) is 2.36. The number of carbonyl (C=O) groups excluding carboxylic acids is 1. The van der Waals surface area contributed by atoms with Gasteiger partial charge in [0.1, 0.15) is 0 Å². The number of hydrogen-bond donors (Lipinski definition) is 1. The number of hydrogen-bond acceptors (Lipinski definition) is 2. The summed E-state index contributed by atoms with van der Waals surface area (Å²) in [4.78, 5) is 14.2. The monoisotopic (exact) mass is 308 g/mol. The zero-order valence-electron chi connectivity index (χ0n) is 10.9. The third kappa shape index (κ3) is 2.89. The smallest absolute Gasteiger partial charge is 0.259 e. The maximum atomic E-state index is 12.6. The van der Waals surface area contributed by atoms with Crippen LogP contribution < -0.4 is 10.6 Å². The van der Waals surface area contributed by atoms with Crippen molar-refractivity contribution in [2.75, 3.05) is 17.2 Å². The van der Waals surface area contributed by atoms with Crippen molar-refractivity contribution in [3.63, 3.8) is 0 Å². The number of amides is 1. The molecule has 2 rings (SSSR count). The van der Waals surface area contributed by atoms with Crippen LogP contribution in [0.4, 0.5) is 11.4 Å². The van der Waals surface area contributed by atoms with Crippen molar-refractivity contribution in [2.24, 2.45) is 0 Å². The largest absolute Gasteiger partial charge is 0.397 e. The molecule has 2 aromatic rings. The van der Waals surface area contributed by atoms with Crippen LogP contribution in [0, 0.1) is 0 Å². The summed E-state index contributed by atoms with van der Waals surface area (Å²) in [5, 5.41) is 0.835. The molecule has 0 aliphatic carbocycles. The van der Waals surface area contributed by atoms with Crippen molar-refractivity contribution in [3.8, 4) is 0 Å². The lowest BCUT2D eigenvalue weighted by Crippen LogP contribution is -2.31. The van der Waals surface area contributed by atoms with E-state index in [1.165, 1.54) is 0 Å². The van der Waals surface area contributed by atoms with Crippen LogP contribution in [0.15, 0.2) is 42.5 Å². The molecule has 0 heterocycles. The Morgan fingerprint density at radius 2 is 1.90 bits per heavy atom. The Hall–Kier alpha value is -1.71. The number of rotatable bonds is 3. The third-order valence-electron chi connectivity index (χ3n) is 2.95. The summed E-state index contributed by atoms with van der Waals surface area (Å²) in [6, 6.07) is 12.0. The molecule has 5 heteroatoms. The maximum Gasteiger partial charge on any atom is 0.259 e. The molecule has 0 bridgehead atoms. The molecule has 0 fully saturated rings. The number of anilines is 2. The van der Waals surface area contributed by atoms with Crippen LogP contribution in [0.25, 0.3) is 0 Å². The Labute approximate surface area is 127 Å². The van der Waals surface area contributed by atoms with Crippen molar-refractivity contribution in [2.45, 2.75) is 6.92 Å². The summed E-state index contributed by atoms with van der Waals surface area (Å²) in [7, 11) is 0. The second kappa shape index (κ2) is 6.16. The molecule has 3 nitrogen and oxygen atoms in total. The molecule has 0 aromatic heterocycles. The number of para-hydroxylation sites is 2. The Kier molecular flexibility index (Phi) is 4.53. The van der Waals surface area contributed by atoms with Crippen molar-refractivity contribution in [1.29, 1.82) is 0 Å². The lowest BCUT2D eigenvalue weighted by atomic mass is 10.1. The zero-order valence-corrected chi connectivity index (χ0v) is 12.4. The van der Waals surface area contributed by atoms with Gasteiger partial charge in [0.05, 0.1) is 22.0 Å². The molecule has 0 aliphatic heterocycles. The van der Waals surface area contributed by atoms with E-state index in [1.807, 2.05) is 19.1 Å². The van der Waals surface area contributed by atoms with Crippen LogP contribution in [0.1, 0.15) is 17.3 Å². The molecule has 104 valence electrons. The Morgan fingerprint density at radius 3 is 2.55 bits per heavy atom. The minimum Gasteiger partial charge on any atom is -0.397 e. The fourth-order valence-corrected chi connectivity index (χ4v) is 2.33. The number of benzene rings is 2. The first-order valence-electron chi connectivity index (χ1n) is 6.16. The molecule has 0 spiro atoms. The average molecular weight is 309 g/mol. The van der Waals surface area contributed by atoms with E-state index in [1.54, 1.807) is 35.2 Å². The summed E-state index contributed by atoms with van der Waals surface area (Å²) in [6.07, 6.45) is 0. The summed E-state index contributed by atoms with van der Waals surface area (Å²) >= 11 is 12.0. The Morgan fingerprint density at radius 1 is 1.20 bits per heavy atom. The van der Waals surface area contributed by atoms with E-state index in [0.29, 0.717) is 33.5 Å². The minimum absolute atomic E-state index is 0.224. The van der Waals surface area contributed by atoms with Crippen LogP contribution in [-0.2, 0) is 0 Å². The van der Waals surface area contributed by atoms with E-state index < -0.39 is 0 Å². The maximum absolute atomic E-state index is 12.6. The van der Waals surface area contributed by atoms with E-state index >= 15 is 0 Å². The highest BCUT2D eigenvalue weighted by molar-refractivity contribution is 6.36. The quantitative estimate of drug-likeness (QED) is 0.862. The first kappa shape index (κ1) is 14.7. The SMILES string of the molecule is CCN(C(=O)c1cc(Cl)ccc1Cl)c1ccccc1N. The molecular formula is C15H14Cl2N2O. The number of nitrogens with two attached hydrogens (primary N) is 1. The van der Waals surface area contributed by atoms with Crippen molar-refractivity contribution in [1.82, 2.24) is 0 Å². The van der Waals surface area contributed by atoms with Gasteiger partial charge in [0.15, 0.2) is 0 Å². The molecule has 0 aliphatic rings. The molecular weight excluding hydrogens is 295 g/mol. The fraction of sp³-hybridized carbons (Fsp3) is 0.133. The van der Waals surface area contributed by atoms with Crippen molar-refractivity contribution in [3.05, 3.63) is 58.1 Å². The van der Waals surface area contributed by atoms with E-state index in [9.17, 15) is 4.79 Å². The van der Waals surface area contributed by atoms with Crippen LogP contribution in [0.2, 0.25) is 10.0 Å². The first-order chi connectivity index (χ1) is 9.54. The summed E-state index contributed by atoms with van der Waals surface area (Å²) in [5.41, 5.74) is 7.50. The predicted octanol–water partition coefficient (Wildman–Crippen LogP) is 4.24.